The molecule has 1 saturated carbocycles. The summed E-state index contributed by atoms with van der Waals surface area (Å²) < 4.78 is 0. The standard InChI is InChI=1S/C17H34N2/c1-4-16(5-2)18-13-14(3)19-12-8-10-15-9-6-7-11-17(15)19/h14-18H,4-13H2,1-3H3/t14?,15-,17-/m1/s1. The first-order valence-electron chi connectivity index (χ1n) is 8.75. The van der Waals surface area contributed by atoms with Crippen LogP contribution in [0.4, 0.5) is 0 Å². The lowest BCUT2D eigenvalue weighted by Crippen LogP contribution is -2.53. The summed E-state index contributed by atoms with van der Waals surface area (Å²) in [5.41, 5.74) is 0. The van der Waals surface area contributed by atoms with E-state index in [9.17, 15) is 0 Å². The summed E-state index contributed by atoms with van der Waals surface area (Å²) in [6, 6.07) is 2.34. The van der Waals surface area contributed by atoms with Crippen molar-refractivity contribution in [3.05, 3.63) is 0 Å². The Hall–Kier alpha value is -0.0800. The molecule has 1 heterocycles. The molecule has 2 heteroatoms. The summed E-state index contributed by atoms with van der Waals surface area (Å²) in [4.78, 5) is 2.84. The third-order valence-electron chi connectivity index (χ3n) is 5.54. The van der Waals surface area contributed by atoms with Crippen LogP contribution in [0.1, 0.15) is 72.1 Å². The van der Waals surface area contributed by atoms with Crippen LogP contribution in [0.2, 0.25) is 0 Å². The Bertz CT molecular complexity index is 248. The van der Waals surface area contributed by atoms with Crippen LogP contribution in [-0.2, 0) is 0 Å². The van der Waals surface area contributed by atoms with Gasteiger partial charge in [0.25, 0.3) is 0 Å². The summed E-state index contributed by atoms with van der Waals surface area (Å²) in [5.74, 6) is 1.01. The molecule has 0 aromatic heterocycles. The smallest absolute Gasteiger partial charge is 0.0195 e. The van der Waals surface area contributed by atoms with Crippen molar-refractivity contribution in [2.24, 2.45) is 5.92 Å². The SMILES string of the molecule is CCC(CC)NCC(C)N1CCC[C@H]2CCCC[C@H]21. The van der Waals surface area contributed by atoms with Gasteiger partial charge in [0.2, 0.25) is 0 Å². The molecule has 1 unspecified atom stereocenters. The minimum atomic E-state index is 0.714. The van der Waals surface area contributed by atoms with Crippen molar-refractivity contribution < 1.29 is 0 Å². The van der Waals surface area contributed by atoms with E-state index in [2.05, 4.69) is 31.0 Å². The van der Waals surface area contributed by atoms with E-state index in [1.165, 1.54) is 64.5 Å². The zero-order valence-corrected chi connectivity index (χ0v) is 13.3. The molecule has 112 valence electrons. The first-order valence-corrected chi connectivity index (χ1v) is 8.75. The van der Waals surface area contributed by atoms with Gasteiger partial charge in [0, 0.05) is 24.7 Å². The average molecular weight is 266 g/mol. The average Bonchev–Trinajstić information content (AvgIpc) is 2.47. The molecule has 0 spiro atoms. The van der Waals surface area contributed by atoms with E-state index in [4.69, 9.17) is 0 Å². The van der Waals surface area contributed by atoms with Crippen LogP contribution in [0.5, 0.6) is 0 Å². The predicted molar refractivity (Wildman–Crippen MR) is 83.5 cm³/mol. The molecule has 2 rings (SSSR count). The lowest BCUT2D eigenvalue weighted by molar-refractivity contribution is 0.0306. The number of nitrogens with zero attached hydrogens (tertiary/aromatic N) is 1. The first kappa shape index (κ1) is 15.3. The number of piperidine rings is 1. The van der Waals surface area contributed by atoms with Gasteiger partial charge in [-0.25, -0.2) is 0 Å². The van der Waals surface area contributed by atoms with E-state index in [0.29, 0.717) is 6.04 Å². The topological polar surface area (TPSA) is 15.3 Å². The summed E-state index contributed by atoms with van der Waals surface area (Å²) in [6.45, 7) is 9.54. The van der Waals surface area contributed by atoms with E-state index >= 15 is 0 Å². The van der Waals surface area contributed by atoms with Crippen LogP contribution >= 0.6 is 0 Å². The van der Waals surface area contributed by atoms with E-state index < -0.39 is 0 Å². The van der Waals surface area contributed by atoms with E-state index in [0.717, 1.165) is 18.0 Å². The molecule has 2 aliphatic rings. The Morgan fingerprint density at radius 3 is 2.47 bits per heavy atom. The highest BCUT2D eigenvalue weighted by molar-refractivity contribution is 4.90. The largest absolute Gasteiger partial charge is 0.312 e. The highest BCUT2D eigenvalue weighted by Gasteiger charge is 2.35. The third-order valence-corrected chi connectivity index (χ3v) is 5.54. The van der Waals surface area contributed by atoms with Gasteiger partial charge in [0.1, 0.15) is 0 Å². The molecule has 2 nitrogen and oxygen atoms in total. The number of likely N-dealkylation sites (tertiary alicyclic amines) is 1. The second-order valence-electron chi connectivity index (χ2n) is 6.76. The predicted octanol–water partition coefficient (Wildman–Crippen LogP) is 3.81. The minimum absolute atomic E-state index is 0.714. The Morgan fingerprint density at radius 1 is 1.05 bits per heavy atom. The maximum Gasteiger partial charge on any atom is 0.0195 e. The van der Waals surface area contributed by atoms with Gasteiger partial charge in [0.15, 0.2) is 0 Å². The van der Waals surface area contributed by atoms with Crippen molar-refractivity contribution in [2.75, 3.05) is 13.1 Å². The van der Waals surface area contributed by atoms with Crippen molar-refractivity contribution >= 4 is 0 Å². The van der Waals surface area contributed by atoms with Gasteiger partial charge in [-0.3, -0.25) is 4.90 Å². The van der Waals surface area contributed by atoms with Gasteiger partial charge < -0.3 is 5.32 Å². The molecule has 1 aliphatic carbocycles. The van der Waals surface area contributed by atoms with Crippen molar-refractivity contribution in [3.8, 4) is 0 Å². The van der Waals surface area contributed by atoms with Gasteiger partial charge >= 0.3 is 0 Å². The Balaban J connectivity index is 1.84. The number of rotatable bonds is 6. The Labute approximate surface area is 120 Å². The van der Waals surface area contributed by atoms with Gasteiger partial charge in [-0.2, -0.15) is 0 Å². The third kappa shape index (κ3) is 3.95. The summed E-state index contributed by atoms with van der Waals surface area (Å²) >= 11 is 0. The van der Waals surface area contributed by atoms with E-state index in [1.807, 2.05) is 0 Å². The van der Waals surface area contributed by atoms with Crippen molar-refractivity contribution in [3.63, 3.8) is 0 Å². The van der Waals surface area contributed by atoms with Crippen LogP contribution in [-0.4, -0.2) is 36.1 Å². The van der Waals surface area contributed by atoms with Crippen molar-refractivity contribution in [1.29, 1.82) is 0 Å². The maximum absolute atomic E-state index is 3.77. The fourth-order valence-electron chi connectivity index (χ4n) is 4.24. The summed E-state index contributed by atoms with van der Waals surface area (Å²) in [7, 11) is 0. The lowest BCUT2D eigenvalue weighted by atomic mass is 9.78. The summed E-state index contributed by atoms with van der Waals surface area (Å²) in [6.07, 6.45) is 11.3. The fourth-order valence-corrected chi connectivity index (χ4v) is 4.24. The monoisotopic (exact) mass is 266 g/mol. The number of nitrogens with one attached hydrogen (secondary N) is 1. The molecule has 0 radical (unpaired) electrons. The molecule has 0 amide bonds. The highest BCUT2D eigenvalue weighted by Crippen LogP contribution is 2.36. The molecule has 1 N–H and O–H groups in total. The lowest BCUT2D eigenvalue weighted by Gasteiger charge is -2.47. The maximum atomic E-state index is 3.77. The quantitative estimate of drug-likeness (QED) is 0.786. The zero-order valence-electron chi connectivity index (χ0n) is 13.3. The molecular formula is C17H34N2. The second kappa shape index (κ2) is 7.64. The number of hydrogen-bond donors (Lipinski definition) is 1. The Kier molecular flexibility index (Phi) is 6.15. The summed E-state index contributed by atoms with van der Waals surface area (Å²) in [5, 5.41) is 3.77. The van der Waals surface area contributed by atoms with Crippen LogP contribution in [0.15, 0.2) is 0 Å². The molecular weight excluding hydrogens is 232 g/mol. The number of hydrogen-bond acceptors (Lipinski definition) is 2. The van der Waals surface area contributed by atoms with Crippen LogP contribution in [0.25, 0.3) is 0 Å². The normalized spacial score (nSPS) is 30.3. The molecule has 3 atom stereocenters. The zero-order chi connectivity index (χ0) is 13.7. The van der Waals surface area contributed by atoms with Gasteiger partial charge in [-0.1, -0.05) is 26.7 Å². The van der Waals surface area contributed by atoms with Gasteiger partial charge in [-0.15, -0.1) is 0 Å². The van der Waals surface area contributed by atoms with Crippen LogP contribution < -0.4 is 5.32 Å². The molecule has 0 bridgehead atoms. The second-order valence-corrected chi connectivity index (χ2v) is 6.76. The fraction of sp³-hybridized carbons (Fsp3) is 1.00. The molecule has 0 aromatic rings. The van der Waals surface area contributed by atoms with E-state index in [1.54, 1.807) is 0 Å². The van der Waals surface area contributed by atoms with Gasteiger partial charge in [0.05, 0.1) is 0 Å². The molecule has 1 saturated heterocycles. The van der Waals surface area contributed by atoms with E-state index in [-0.39, 0.29) is 0 Å². The first-order chi connectivity index (χ1) is 9.26. The molecule has 2 fully saturated rings. The highest BCUT2D eigenvalue weighted by atomic mass is 15.2. The Morgan fingerprint density at radius 2 is 1.74 bits per heavy atom. The molecule has 1 aliphatic heterocycles. The van der Waals surface area contributed by atoms with Crippen LogP contribution in [0, 0.1) is 5.92 Å². The molecule has 19 heavy (non-hydrogen) atoms. The van der Waals surface area contributed by atoms with Crippen LogP contribution in [0.3, 0.4) is 0 Å². The van der Waals surface area contributed by atoms with Crippen molar-refractivity contribution in [1.82, 2.24) is 10.2 Å². The molecule has 0 aromatic carbocycles. The van der Waals surface area contributed by atoms with Crippen molar-refractivity contribution in [2.45, 2.75) is 90.3 Å². The van der Waals surface area contributed by atoms with Gasteiger partial charge in [-0.05, 0) is 57.9 Å². The minimum Gasteiger partial charge on any atom is -0.312 e. The number of fused-ring (bicyclic) bond motifs is 1.